The van der Waals surface area contributed by atoms with E-state index in [1.54, 1.807) is 17.1 Å². The highest BCUT2D eigenvalue weighted by atomic mass is 15.3. The number of piperidine rings is 1. The molecule has 31 heavy (non-hydrogen) atoms. The van der Waals surface area contributed by atoms with E-state index >= 15 is 0 Å². The van der Waals surface area contributed by atoms with Crippen LogP contribution in [0.2, 0.25) is 0 Å². The van der Waals surface area contributed by atoms with Gasteiger partial charge in [-0.1, -0.05) is 6.92 Å². The molecule has 158 valence electrons. The topological polar surface area (TPSA) is 122 Å². The van der Waals surface area contributed by atoms with Gasteiger partial charge in [-0.2, -0.15) is 25.6 Å². The van der Waals surface area contributed by atoms with Crippen LogP contribution in [0.1, 0.15) is 44.9 Å². The first kappa shape index (κ1) is 19.4. The second-order valence-corrected chi connectivity index (χ2v) is 9.27. The molecule has 0 spiro atoms. The summed E-state index contributed by atoms with van der Waals surface area (Å²) in [5.74, 6) is 1.95. The normalized spacial score (nSPS) is 22.3. The van der Waals surface area contributed by atoms with Crippen LogP contribution in [0, 0.1) is 40.9 Å². The lowest BCUT2D eigenvalue weighted by atomic mass is 10.0. The van der Waals surface area contributed by atoms with Crippen molar-refractivity contribution in [2.24, 2.45) is 11.3 Å². The lowest BCUT2D eigenvalue weighted by molar-refractivity contribution is 0.416. The van der Waals surface area contributed by atoms with Gasteiger partial charge < -0.3 is 15.2 Å². The Balaban J connectivity index is 1.54. The summed E-state index contributed by atoms with van der Waals surface area (Å²) in [4.78, 5) is 14.9. The van der Waals surface area contributed by atoms with Crippen LogP contribution in [-0.4, -0.2) is 37.8 Å². The van der Waals surface area contributed by atoms with Crippen LogP contribution in [0.3, 0.4) is 0 Å². The number of nitrogens with zero attached hydrogens (tertiary/aromatic N) is 7. The smallest absolute Gasteiger partial charge is 0.231 e. The van der Waals surface area contributed by atoms with E-state index in [0.29, 0.717) is 28.5 Å². The number of nitriles is 2. The van der Waals surface area contributed by atoms with E-state index in [0.717, 1.165) is 35.7 Å². The lowest BCUT2D eigenvalue weighted by Crippen LogP contribution is -2.26. The standard InChI is InChI=1S/C22H25N9/c1-5-22-6-15(22)9-30(12-22)19-17-14(7-23)8-25-18(17)27-20(28-19)26-16-10-31(29-13(16)2)21(3,4)11-24/h8,10,15H,5-6,9,12H2,1-4H3,(H2,25,26,27,28). The Bertz CT molecular complexity index is 1260. The number of fused-ring (bicyclic) bond motifs is 2. The summed E-state index contributed by atoms with van der Waals surface area (Å²) in [5.41, 5.74) is 2.33. The van der Waals surface area contributed by atoms with Crippen molar-refractivity contribution in [3.8, 4) is 12.1 Å². The van der Waals surface area contributed by atoms with E-state index in [1.807, 2.05) is 20.8 Å². The van der Waals surface area contributed by atoms with Crippen LogP contribution in [0.5, 0.6) is 0 Å². The molecule has 2 atom stereocenters. The van der Waals surface area contributed by atoms with Gasteiger partial charge in [-0.05, 0) is 44.9 Å². The molecule has 0 bridgehead atoms. The van der Waals surface area contributed by atoms with E-state index < -0.39 is 5.54 Å². The molecule has 4 heterocycles. The number of aryl methyl sites for hydroxylation is 1. The molecule has 2 aliphatic rings. The largest absolute Gasteiger partial charge is 0.355 e. The molecule has 0 aromatic carbocycles. The minimum Gasteiger partial charge on any atom is -0.355 e. The molecule has 5 rings (SSSR count). The van der Waals surface area contributed by atoms with Crippen molar-refractivity contribution in [2.45, 2.75) is 46.1 Å². The van der Waals surface area contributed by atoms with Crippen molar-refractivity contribution in [2.75, 3.05) is 23.3 Å². The Kier molecular flexibility index (Phi) is 4.03. The molecule has 0 radical (unpaired) electrons. The summed E-state index contributed by atoms with van der Waals surface area (Å²) >= 11 is 0. The summed E-state index contributed by atoms with van der Waals surface area (Å²) in [6, 6.07) is 4.52. The number of rotatable bonds is 5. The SMILES string of the molecule is CCC12CC1CN(c1nc(Nc3cn(C(C)(C)C#N)nc3C)nc3[nH]cc(C#N)c13)C2. The highest BCUT2D eigenvalue weighted by Gasteiger charge is 2.58. The number of hydrogen-bond acceptors (Lipinski definition) is 7. The van der Waals surface area contributed by atoms with Crippen LogP contribution in [0.25, 0.3) is 11.0 Å². The van der Waals surface area contributed by atoms with E-state index in [4.69, 9.17) is 4.98 Å². The average molecular weight is 416 g/mol. The molecule has 1 saturated heterocycles. The maximum Gasteiger partial charge on any atom is 0.231 e. The molecular formula is C22H25N9. The molecule has 1 aliphatic carbocycles. The van der Waals surface area contributed by atoms with E-state index in [2.05, 4.69) is 44.3 Å². The van der Waals surface area contributed by atoms with Crippen LogP contribution in [-0.2, 0) is 5.54 Å². The van der Waals surface area contributed by atoms with Gasteiger partial charge >= 0.3 is 0 Å². The Hall–Kier alpha value is -3.59. The Labute approximate surface area is 180 Å². The second kappa shape index (κ2) is 6.45. The highest BCUT2D eigenvalue weighted by Crippen LogP contribution is 2.60. The van der Waals surface area contributed by atoms with Crippen LogP contribution < -0.4 is 10.2 Å². The van der Waals surface area contributed by atoms with Crippen molar-refractivity contribution in [3.63, 3.8) is 0 Å². The first-order valence-corrected chi connectivity index (χ1v) is 10.6. The van der Waals surface area contributed by atoms with Crippen LogP contribution in [0.15, 0.2) is 12.4 Å². The Morgan fingerprint density at radius 3 is 2.84 bits per heavy atom. The summed E-state index contributed by atoms with van der Waals surface area (Å²) < 4.78 is 1.64. The Morgan fingerprint density at radius 2 is 2.16 bits per heavy atom. The minimum absolute atomic E-state index is 0.397. The number of nitrogens with one attached hydrogen (secondary N) is 2. The molecule has 9 nitrogen and oxygen atoms in total. The van der Waals surface area contributed by atoms with Gasteiger partial charge in [0.15, 0.2) is 0 Å². The fraction of sp³-hybridized carbons (Fsp3) is 0.500. The monoisotopic (exact) mass is 415 g/mol. The predicted octanol–water partition coefficient (Wildman–Crippen LogP) is 3.57. The number of aromatic nitrogens is 5. The fourth-order valence-electron chi connectivity index (χ4n) is 4.73. The van der Waals surface area contributed by atoms with E-state index in [-0.39, 0.29) is 0 Å². The van der Waals surface area contributed by atoms with Gasteiger partial charge in [0.1, 0.15) is 23.1 Å². The van der Waals surface area contributed by atoms with Gasteiger partial charge in [0.25, 0.3) is 0 Å². The first-order valence-electron chi connectivity index (χ1n) is 10.6. The summed E-state index contributed by atoms with van der Waals surface area (Å²) in [6.07, 6.45) is 5.94. The van der Waals surface area contributed by atoms with Crippen LogP contribution >= 0.6 is 0 Å². The third-order valence-electron chi connectivity index (χ3n) is 6.93. The molecular weight excluding hydrogens is 390 g/mol. The lowest BCUT2D eigenvalue weighted by Gasteiger charge is -2.23. The van der Waals surface area contributed by atoms with Crippen molar-refractivity contribution in [3.05, 3.63) is 23.7 Å². The molecule has 9 heteroatoms. The van der Waals surface area contributed by atoms with E-state index in [9.17, 15) is 10.5 Å². The van der Waals surface area contributed by atoms with Gasteiger partial charge in [0.2, 0.25) is 5.95 Å². The van der Waals surface area contributed by atoms with Crippen LogP contribution in [0.4, 0.5) is 17.5 Å². The second-order valence-electron chi connectivity index (χ2n) is 9.27. The summed E-state index contributed by atoms with van der Waals surface area (Å²) in [7, 11) is 0. The van der Waals surface area contributed by atoms with Crippen molar-refractivity contribution >= 4 is 28.5 Å². The van der Waals surface area contributed by atoms with Gasteiger partial charge in [-0.15, -0.1) is 0 Å². The van der Waals surface area contributed by atoms with Crippen molar-refractivity contribution < 1.29 is 0 Å². The zero-order valence-corrected chi connectivity index (χ0v) is 18.2. The third-order valence-corrected chi connectivity index (χ3v) is 6.93. The van der Waals surface area contributed by atoms with Gasteiger partial charge in [0.05, 0.1) is 34.6 Å². The van der Waals surface area contributed by atoms with Crippen molar-refractivity contribution in [1.82, 2.24) is 24.7 Å². The zero-order chi connectivity index (χ0) is 22.0. The number of aromatic amines is 1. The maximum atomic E-state index is 9.60. The van der Waals surface area contributed by atoms with Gasteiger partial charge in [-0.25, -0.2) is 0 Å². The number of anilines is 3. The van der Waals surface area contributed by atoms with Gasteiger partial charge in [-0.3, -0.25) is 4.68 Å². The molecule has 3 aromatic rings. The predicted molar refractivity (Wildman–Crippen MR) is 117 cm³/mol. The Morgan fingerprint density at radius 1 is 1.35 bits per heavy atom. The third kappa shape index (κ3) is 2.92. The molecule has 2 N–H and O–H groups in total. The molecule has 1 aliphatic heterocycles. The molecule has 1 saturated carbocycles. The molecule has 2 fully saturated rings. The average Bonchev–Trinajstić information content (AvgIpc) is 3.08. The first-order chi connectivity index (χ1) is 14.8. The fourth-order valence-corrected chi connectivity index (χ4v) is 4.73. The number of H-pyrrole nitrogens is 1. The quantitative estimate of drug-likeness (QED) is 0.653. The summed E-state index contributed by atoms with van der Waals surface area (Å²) in [6.45, 7) is 9.69. The molecule has 3 aromatic heterocycles. The molecule has 0 amide bonds. The van der Waals surface area contributed by atoms with Gasteiger partial charge in [0, 0.05) is 19.3 Å². The number of hydrogen-bond donors (Lipinski definition) is 2. The molecule has 2 unspecified atom stereocenters. The maximum absolute atomic E-state index is 9.60. The zero-order valence-electron chi connectivity index (χ0n) is 18.2. The van der Waals surface area contributed by atoms with E-state index in [1.165, 1.54) is 12.8 Å². The summed E-state index contributed by atoms with van der Waals surface area (Å²) in [5, 5.41) is 27.5. The minimum atomic E-state index is -0.757. The highest BCUT2D eigenvalue weighted by molar-refractivity contribution is 5.94. The van der Waals surface area contributed by atoms with Crippen molar-refractivity contribution in [1.29, 1.82) is 10.5 Å².